The summed E-state index contributed by atoms with van der Waals surface area (Å²) in [5, 5.41) is 3.17. The molecule has 0 aromatic heterocycles. The molecule has 0 amide bonds. The summed E-state index contributed by atoms with van der Waals surface area (Å²) >= 11 is 0. The lowest BCUT2D eigenvalue weighted by Crippen LogP contribution is -2.25. The number of hydrogen-bond donors (Lipinski definition) is 1. The summed E-state index contributed by atoms with van der Waals surface area (Å²) in [6.45, 7) is 3.88. The second kappa shape index (κ2) is 4.11. The van der Waals surface area contributed by atoms with Crippen LogP contribution in [0.15, 0.2) is 18.2 Å². The van der Waals surface area contributed by atoms with Gasteiger partial charge in [0.05, 0.1) is 12.7 Å². The molecule has 2 heteroatoms. The quantitative estimate of drug-likeness (QED) is 0.770. The number of fused-ring (bicyclic) bond motifs is 1. The van der Waals surface area contributed by atoms with Gasteiger partial charge in [-0.3, -0.25) is 0 Å². The third-order valence-electron chi connectivity index (χ3n) is 2.73. The van der Waals surface area contributed by atoms with Gasteiger partial charge in [-0.1, -0.05) is 23.8 Å². The zero-order valence-corrected chi connectivity index (χ0v) is 8.84. The molecule has 1 aliphatic heterocycles. The first-order valence-electron chi connectivity index (χ1n) is 5.17. The Morgan fingerprint density at radius 2 is 2.36 bits per heavy atom. The lowest BCUT2D eigenvalue weighted by Gasteiger charge is -2.26. The number of ether oxygens (including phenoxy) is 1. The Bertz CT molecular complexity index is 322. The van der Waals surface area contributed by atoms with Crippen LogP contribution < -0.4 is 5.32 Å². The lowest BCUT2D eigenvalue weighted by atomic mass is 9.95. The van der Waals surface area contributed by atoms with Crippen molar-refractivity contribution in [2.45, 2.75) is 19.4 Å². The van der Waals surface area contributed by atoms with E-state index in [2.05, 4.69) is 30.4 Å². The third kappa shape index (κ3) is 1.81. The van der Waals surface area contributed by atoms with Crippen molar-refractivity contribution in [1.29, 1.82) is 0 Å². The van der Waals surface area contributed by atoms with E-state index in [1.54, 1.807) is 0 Å². The fourth-order valence-corrected chi connectivity index (χ4v) is 2.00. The molecule has 0 fully saturated rings. The average molecular weight is 191 g/mol. The number of aryl methyl sites for hydroxylation is 1. The van der Waals surface area contributed by atoms with Crippen LogP contribution in [0.3, 0.4) is 0 Å². The number of benzene rings is 1. The first-order chi connectivity index (χ1) is 6.81. The molecule has 0 spiro atoms. The van der Waals surface area contributed by atoms with Crippen molar-refractivity contribution in [1.82, 2.24) is 5.32 Å². The Morgan fingerprint density at radius 1 is 1.50 bits per heavy atom. The van der Waals surface area contributed by atoms with Gasteiger partial charge < -0.3 is 10.1 Å². The van der Waals surface area contributed by atoms with Gasteiger partial charge in [-0.2, -0.15) is 0 Å². The summed E-state index contributed by atoms with van der Waals surface area (Å²) in [4.78, 5) is 0. The molecule has 1 aromatic rings. The number of likely N-dealkylation sites (N-methyl/N-ethyl adjacent to an activating group) is 1. The zero-order valence-electron chi connectivity index (χ0n) is 8.84. The second-order valence-corrected chi connectivity index (χ2v) is 3.87. The maximum atomic E-state index is 5.74. The zero-order chi connectivity index (χ0) is 9.97. The summed E-state index contributed by atoms with van der Waals surface area (Å²) < 4.78 is 5.74. The van der Waals surface area contributed by atoms with Gasteiger partial charge >= 0.3 is 0 Å². The molecule has 1 heterocycles. The Morgan fingerprint density at radius 3 is 3.14 bits per heavy atom. The average Bonchev–Trinajstić information content (AvgIpc) is 2.19. The van der Waals surface area contributed by atoms with Crippen LogP contribution in [0.25, 0.3) is 0 Å². The minimum atomic E-state index is 0.239. The molecule has 0 bridgehead atoms. The van der Waals surface area contributed by atoms with Crippen molar-refractivity contribution in [3.63, 3.8) is 0 Å². The summed E-state index contributed by atoms with van der Waals surface area (Å²) in [6.07, 6.45) is 1.29. The molecule has 76 valence electrons. The van der Waals surface area contributed by atoms with Crippen molar-refractivity contribution >= 4 is 0 Å². The highest BCUT2D eigenvalue weighted by Gasteiger charge is 2.19. The lowest BCUT2D eigenvalue weighted by molar-refractivity contribution is 0.0438. The highest BCUT2D eigenvalue weighted by atomic mass is 16.5. The van der Waals surface area contributed by atoms with Gasteiger partial charge in [0.15, 0.2) is 0 Å². The Balaban J connectivity index is 2.32. The molecular weight excluding hydrogens is 174 g/mol. The summed E-state index contributed by atoms with van der Waals surface area (Å²) in [6, 6.07) is 6.66. The van der Waals surface area contributed by atoms with Crippen LogP contribution in [-0.2, 0) is 11.2 Å². The maximum absolute atomic E-state index is 5.74. The van der Waals surface area contributed by atoms with E-state index in [0.29, 0.717) is 0 Å². The fraction of sp³-hybridized carbons (Fsp3) is 0.500. The first kappa shape index (κ1) is 9.69. The van der Waals surface area contributed by atoms with E-state index in [1.807, 2.05) is 7.05 Å². The second-order valence-electron chi connectivity index (χ2n) is 3.87. The monoisotopic (exact) mass is 191 g/mol. The Kier molecular flexibility index (Phi) is 2.85. The van der Waals surface area contributed by atoms with E-state index in [9.17, 15) is 0 Å². The largest absolute Gasteiger partial charge is 0.372 e. The summed E-state index contributed by atoms with van der Waals surface area (Å²) in [5.41, 5.74) is 4.13. The molecular formula is C12H17NO. The van der Waals surface area contributed by atoms with E-state index in [-0.39, 0.29) is 6.10 Å². The molecule has 2 rings (SSSR count). The maximum Gasteiger partial charge on any atom is 0.0951 e. The smallest absolute Gasteiger partial charge is 0.0951 e. The molecule has 0 saturated heterocycles. The number of hydrogen-bond acceptors (Lipinski definition) is 2. The molecule has 0 aliphatic carbocycles. The van der Waals surface area contributed by atoms with Crippen molar-refractivity contribution in [2.75, 3.05) is 20.2 Å². The van der Waals surface area contributed by atoms with E-state index in [0.717, 1.165) is 19.6 Å². The fourth-order valence-electron chi connectivity index (χ4n) is 2.00. The minimum absolute atomic E-state index is 0.239. The minimum Gasteiger partial charge on any atom is -0.372 e. The van der Waals surface area contributed by atoms with E-state index in [1.165, 1.54) is 16.7 Å². The molecule has 0 radical (unpaired) electrons. The van der Waals surface area contributed by atoms with Gasteiger partial charge in [0.1, 0.15) is 0 Å². The van der Waals surface area contributed by atoms with Crippen LogP contribution in [0.2, 0.25) is 0 Å². The first-order valence-corrected chi connectivity index (χ1v) is 5.17. The van der Waals surface area contributed by atoms with Crippen LogP contribution in [0.1, 0.15) is 22.8 Å². The van der Waals surface area contributed by atoms with Gasteiger partial charge in [-0.15, -0.1) is 0 Å². The Hall–Kier alpha value is -0.860. The number of rotatable bonds is 2. The topological polar surface area (TPSA) is 21.3 Å². The highest BCUT2D eigenvalue weighted by molar-refractivity contribution is 5.34. The van der Waals surface area contributed by atoms with Gasteiger partial charge in [0, 0.05) is 6.54 Å². The summed E-state index contributed by atoms with van der Waals surface area (Å²) in [7, 11) is 1.97. The number of nitrogens with one attached hydrogen (secondary N) is 1. The third-order valence-corrected chi connectivity index (χ3v) is 2.73. The highest BCUT2D eigenvalue weighted by Crippen LogP contribution is 2.27. The molecule has 0 saturated carbocycles. The molecule has 1 N–H and O–H groups in total. The van der Waals surface area contributed by atoms with Crippen LogP contribution in [0, 0.1) is 6.92 Å². The van der Waals surface area contributed by atoms with Crippen LogP contribution >= 0.6 is 0 Å². The van der Waals surface area contributed by atoms with E-state index < -0.39 is 0 Å². The van der Waals surface area contributed by atoms with Crippen LogP contribution in [0.4, 0.5) is 0 Å². The molecule has 1 aliphatic rings. The van der Waals surface area contributed by atoms with Crippen molar-refractivity contribution in [3.05, 3.63) is 34.9 Å². The van der Waals surface area contributed by atoms with Crippen LogP contribution in [0.5, 0.6) is 0 Å². The van der Waals surface area contributed by atoms with Gasteiger partial charge in [0.25, 0.3) is 0 Å². The summed E-state index contributed by atoms with van der Waals surface area (Å²) in [5.74, 6) is 0. The predicted octanol–water partition coefficient (Wildman–Crippen LogP) is 1.83. The van der Waals surface area contributed by atoms with Crippen molar-refractivity contribution in [2.24, 2.45) is 0 Å². The standard InChI is InChI=1S/C12H17NO/c1-9-3-4-10-5-6-14-12(8-13-2)11(10)7-9/h3-4,7,12-13H,5-6,8H2,1-2H3/t12-/m1/s1. The van der Waals surface area contributed by atoms with Gasteiger partial charge in [-0.25, -0.2) is 0 Å². The van der Waals surface area contributed by atoms with Crippen molar-refractivity contribution in [3.8, 4) is 0 Å². The van der Waals surface area contributed by atoms with Crippen LogP contribution in [-0.4, -0.2) is 20.2 Å². The molecule has 0 unspecified atom stereocenters. The van der Waals surface area contributed by atoms with Gasteiger partial charge in [-0.05, 0) is 31.5 Å². The molecule has 1 atom stereocenters. The predicted molar refractivity (Wildman–Crippen MR) is 57.5 cm³/mol. The van der Waals surface area contributed by atoms with E-state index in [4.69, 9.17) is 4.74 Å². The normalized spacial score (nSPS) is 20.6. The van der Waals surface area contributed by atoms with E-state index >= 15 is 0 Å². The molecule has 1 aromatic carbocycles. The molecule has 14 heavy (non-hydrogen) atoms. The molecule has 2 nitrogen and oxygen atoms in total. The Labute approximate surface area is 85.3 Å². The SMILES string of the molecule is CNC[C@H]1OCCc2ccc(C)cc21. The van der Waals surface area contributed by atoms with Gasteiger partial charge in [0.2, 0.25) is 0 Å². The van der Waals surface area contributed by atoms with Crippen molar-refractivity contribution < 1.29 is 4.74 Å².